The Hall–Kier alpha value is -1.40. The SMILES string of the molecule is O=C(C1CCCC1)N1C[C@H]2CN(Cc3ccsc3)C[C@@]2(C(=O)O)C1. The van der Waals surface area contributed by atoms with Gasteiger partial charge in [0, 0.05) is 44.6 Å². The van der Waals surface area contributed by atoms with E-state index < -0.39 is 11.4 Å². The monoisotopic (exact) mass is 348 g/mol. The van der Waals surface area contributed by atoms with Gasteiger partial charge in [0.25, 0.3) is 0 Å². The van der Waals surface area contributed by atoms with Crippen LogP contribution in [0.4, 0.5) is 0 Å². The maximum atomic E-state index is 12.7. The fourth-order valence-corrected chi connectivity index (χ4v) is 5.49. The van der Waals surface area contributed by atoms with Gasteiger partial charge in [0.2, 0.25) is 5.91 Å². The number of amides is 1. The molecule has 1 aliphatic carbocycles. The number of carbonyl (C=O) groups is 2. The summed E-state index contributed by atoms with van der Waals surface area (Å²) in [6.07, 6.45) is 4.22. The van der Waals surface area contributed by atoms with E-state index in [0.29, 0.717) is 19.6 Å². The van der Waals surface area contributed by atoms with E-state index in [4.69, 9.17) is 0 Å². The van der Waals surface area contributed by atoms with Crippen LogP contribution in [0, 0.1) is 17.3 Å². The van der Waals surface area contributed by atoms with Gasteiger partial charge in [0.15, 0.2) is 0 Å². The van der Waals surface area contributed by atoms with Crippen LogP contribution in [-0.4, -0.2) is 53.0 Å². The molecule has 2 saturated heterocycles. The molecule has 2 aliphatic heterocycles. The quantitative estimate of drug-likeness (QED) is 0.907. The van der Waals surface area contributed by atoms with Gasteiger partial charge in [-0.05, 0) is 35.2 Å². The van der Waals surface area contributed by atoms with Gasteiger partial charge in [0.05, 0.1) is 0 Å². The van der Waals surface area contributed by atoms with Crippen molar-refractivity contribution in [1.29, 1.82) is 0 Å². The maximum absolute atomic E-state index is 12.7. The van der Waals surface area contributed by atoms with E-state index in [1.165, 1.54) is 5.56 Å². The summed E-state index contributed by atoms with van der Waals surface area (Å²) in [6.45, 7) is 3.14. The molecule has 0 aromatic carbocycles. The molecule has 1 aromatic heterocycles. The number of nitrogens with zero attached hydrogens (tertiary/aromatic N) is 2. The van der Waals surface area contributed by atoms with Crippen molar-refractivity contribution in [2.24, 2.45) is 17.3 Å². The number of likely N-dealkylation sites (tertiary alicyclic amines) is 2. The predicted molar refractivity (Wildman–Crippen MR) is 91.7 cm³/mol. The highest BCUT2D eigenvalue weighted by molar-refractivity contribution is 7.07. The average molecular weight is 348 g/mol. The van der Waals surface area contributed by atoms with Crippen molar-refractivity contribution in [1.82, 2.24) is 9.80 Å². The molecule has 130 valence electrons. The van der Waals surface area contributed by atoms with Crippen molar-refractivity contribution in [2.45, 2.75) is 32.2 Å². The van der Waals surface area contributed by atoms with Crippen molar-refractivity contribution in [3.8, 4) is 0 Å². The Labute approximate surface area is 146 Å². The Morgan fingerprint density at radius 2 is 2.04 bits per heavy atom. The van der Waals surface area contributed by atoms with Crippen LogP contribution in [0.2, 0.25) is 0 Å². The predicted octanol–water partition coefficient (Wildman–Crippen LogP) is 2.28. The normalized spacial score (nSPS) is 30.8. The zero-order valence-corrected chi connectivity index (χ0v) is 14.6. The van der Waals surface area contributed by atoms with Gasteiger partial charge in [-0.3, -0.25) is 14.5 Å². The standard InChI is InChI=1S/C18H24N2O3S/c21-16(14-3-1-2-4-14)20-9-15-8-19(7-13-5-6-24-10-13)11-18(15,12-20)17(22)23/h5-6,10,14-15H,1-4,7-9,11-12H2,(H,22,23)/t15-,18-/m1/s1. The number of carboxylic acids is 1. The minimum Gasteiger partial charge on any atom is -0.481 e. The summed E-state index contributed by atoms with van der Waals surface area (Å²) in [7, 11) is 0. The first-order valence-electron chi connectivity index (χ1n) is 8.84. The number of fused-ring (bicyclic) bond motifs is 1. The molecule has 1 saturated carbocycles. The van der Waals surface area contributed by atoms with E-state index in [2.05, 4.69) is 21.7 Å². The largest absolute Gasteiger partial charge is 0.481 e. The highest BCUT2D eigenvalue weighted by atomic mass is 32.1. The summed E-state index contributed by atoms with van der Waals surface area (Å²) in [5.74, 6) is -0.343. The van der Waals surface area contributed by atoms with Crippen LogP contribution in [0.3, 0.4) is 0 Å². The summed E-state index contributed by atoms with van der Waals surface area (Å²) in [4.78, 5) is 28.9. The molecular formula is C18H24N2O3S. The maximum Gasteiger partial charge on any atom is 0.313 e. The summed E-state index contributed by atoms with van der Waals surface area (Å²) in [6, 6.07) is 2.10. The molecule has 3 aliphatic rings. The molecule has 1 aromatic rings. The lowest BCUT2D eigenvalue weighted by Gasteiger charge is -2.26. The van der Waals surface area contributed by atoms with E-state index in [1.54, 1.807) is 11.3 Å². The van der Waals surface area contributed by atoms with Crippen molar-refractivity contribution >= 4 is 23.2 Å². The second-order valence-electron chi connectivity index (χ2n) is 7.66. The Morgan fingerprint density at radius 3 is 2.67 bits per heavy atom. The van der Waals surface area contributed by atoms with Gasteiger partial charge < -0.3 is 10.0 Å². The number of hydrogen-bond acceptors (Lipinski definition) is 4. The molecule has 1 N–H and O–H groups in total. The summed E-state index contributed by atoms with van der Waals surface area (Å²) in [5.41, 5.74) is 0.476. The third-order valence-electron chi connectivity index (χ3n) is 6.11. The van der Waals surface area contributed by atoms with Gasteiger partial charge in [-0.2, -0.15) is 11.3 Å². The molecule has 0 radical (unpaired) electrons. The summed E-state index contributed by atoms with van der Waals surface area (Å²) in [5, 5.41) is 14.1. The van der Waals surface area contributed by atoms with Crippen molar-refractivity contribution in [3.05, 3.63) is 22.4 Å². The Bertz CT molecular complexity index is 626. The van der Waals surface area contributed by atoms with Gasteiger partial charge in [-0.1, -0.05) is 12.8 Å². The fraction of sp³-hybridized carbons (Fsp3) is 0.667. The average Bonchev–Trinajstić information content (AvgIpc) is 3.30. The van der Waals surface area contributed by atoms with Crippen LogP contribution >= 0.6 is 11.3 Å². The molecule has 3 fully saturated rings. The number of carbonyl (C=O) groups excluding carboxylic acids is 1. The number of rotatable bonds is 4. The molecule has 0 bridgehead atoms. The van der Waals surface area contributed by atoms with Gasteiger partial charge in [-0.25, -0.2) is 0 Å². The van der Waals surface area contributed by atoms with Crippen molar-refractivity contribution in [2.75, 3.05) is 26.2 Å². The van der Waals surface area contributed by atoms with Crippen LogP contribution in [0.1, 0.15) is 31.2 Å². The van der Waals surface area contributed by atoms with Crippen LogP contribution in [0.5, 0.6) is 0 Å². The Balaban J connectivity index is 1.47. The number of aliphatic carboxylic acids is 1. The van der Waals surface area contributed by atoms with Crippen LogP contribution in [-0.2, 0) is 16.1 Å². The molecule has 0 spiro atoms. The lowest BCUT2D eigenvalue weighted by atomic mass is 9.81. The van der Waals surface area contributed by atoms with E-state index in [1.807, 2.05) is 4.90 Å². The molecular weight excluding hydrogens is 324 g/mol. The van der Waals surface area contributed by atoms with E-state index in [9.17, 15) is 14.7 Å². The third kappa shape index (κ3) is 2.65. The van der Waals surface area contributed by atoms with Crippen molar-refractivity contribution < 1.29 is 14.7 Å². The summed E-state index contributed by atoms with van der Waals surface area (Å²) >= 11 is 1.67. The third-order valence-corrected chi connectivity index (χ3v) is 6.84. The van der Waals surface area contributed by atoms with Crippen LogP contribution in [0.25, 0.3) is 0 Å². The first-order chi connectivity index (χ1) is 11.6. The molecule has 1 amide bonds. The highest BCUT2D eigenvalue weighted by Crippen LogP contribution is 2.44. The topological polar surface area (TPSA) is 60.9 Å². The first kappa shape index (κ1) is 16.1. The van der Waals surface area contributed by atoms with Crippen LogP contribution in [0.15, 0.2) is 16.8 Å². The molecule has 4 rings (SSSR count). The Kier molecular flexibility index (Phi) is 4.12. The number of thiophene rings is 1. The molecule has 5 nitrogen and oxygen atoms in total. The van der Waals surface area contributed by atoms with Gasteiger partial charge in [0.1, 0.15) is 5.41 Å². The highest BCUT2D eigenvalue weighted by Gasteiger charge is 2.58. The number of hydrogen-bond donors (Lipinski definition) is 1. The van der Waals surface area contributed by atoms with Gasteiger partial charge in [-0.15, -0.1) is 0 Å². The van der Waals surface area contributed by atoms with Crippen molar-refractivity contribution in [3.63, 3.8) is 0 Å². The molecule has 3 heterocycles. The lowest BCUT2D eigenvalue weighted by Crippen LogP contribution is -2.42. The fourth-order valence-electron chi connectivity index (χ4n) is 4.83. The molecule has 24 heavy (non-hydrogen) atoms. The minimum absolute atomic E-state index is 0.0546. The minimum atomic E-state index is -0.774. The van der Waals surface area contributed by atoms with E-state index in [0.717, 1.165) is 38.8 Å². The second kappa shape index (κ2) is 6.15. The number of carboxylic acid groups (broad SMARTS) is 1. The van der Waals surface area contributed by atoms with E-state index in [-0.39, 0.29) is 17.7 Å². The smallest absolute Gasteiger partial charge is 0.313 e. The molecule has 2 atom stereocenters. The van der Waals surface area contributed by atoms with Gasteiger partial charge >= 0.3 is 5.97 Å². The molecule has 0 unspecified atom stereocenters. The second-order valence-corrected chi connectivity index (χ2v) is 8.44. The van der Waals surface area contributed by atoms with E-state index >= 15 is 0 Å². The molecule has 6 heteroatoms. The Morgan fingerprint density at radius 1 is 1.25 bits per heavy atom. The first-order valence-corrected chi connectivity index (χ1v) is 9.78. The summed E-state index contributed by atoms with van der Waals surface area (Å²) < 4.78 is 0. The zero-order chi connectivity index (χ0) is 16.7. The zero-order valence-electron chi connectivity index (χ0n) is 13.8. The van der Waals surface area contributed by atoms with Crippen LogP contribution < -0.4 is 0 Å². The lowest BCUT2D eigenvalue weighted by molar-refractivity contribution is -0.149.